The van der Waals surface area contributed by atoms with E-state index in [9.17, 15) is 14.9 Å². The van der Waals surface area contributed by atoms with Crippen molar-refractivity contribution >= 4 is 23.2 Å². The van der Waals surface area contributed by atoms with Gasteiger partial charge in [0.25, 0.3) is 0 Å². The molecule has 18 heavy (non-hydrogen) atoms. The molecule has 0 fully saturated rings. The number of hydrogen-bond donors (Lipinski definition) is 0. The highest BCUT2D eigenvalue weighted by atomic mass is 35.5. The van der Waals surface area contributed by atoms with E-state index in [4.69, 9.17) is 11.6 Å². The standard InChI is InChI=1S/C11H8ClN3O3/c12-9-3-1-8(2-4-9)10(16)7-14-6-5-11(13-14)15(17)18/h1-6H,7H2. The molecule has 0 bridgehead atoms. The zero-order chi connectivity index (χ0) is 13.1. The van der Waals surface area contributed by atoms with E-state index in [-0.39, 0.29) is 18.1 Å². The van der Waals surface area contributed by atoms with E-state index in [2.05, 4.69) is 5.10 Å². The Kier molecular flexibility index (Phi) is 3.38. The molecule has 92 valence electrons. The van der Waals surface area contributed by atoms with Crippen LogP contribution in [-0.4, -0.2) is 20.5 Å². The number of halogens is 1. The molecule has 1 aromatic heterocycles. The lowest BCUT2D eigenvalue weighted by atomic mass is 10.1. The number of carbonyl (C=O) groups excluding carboxylic acids is 1. The molecule has 0 saturated heterocycles. The van der Waals surface area contributed by atoms with Crippen LogP contribution < -0.4 is 0 Å². The fourth-order valence-electron chi connectivity index (χ4n) is 1.41. The number of ketones is 1. The normalized spacial score (nSPS) is 10.3. The second-order valence-corrected chi connectivity index (χ2v) is 4.00. The van der Waals surface area contributed by atoms with Crippen molar-refractivity contribution in [3.63, 3.8) is 0 Å². The molecule has 0 spiro atoms. The predicted octanol–water partition coefficient (Wildman–Crippen LogP) is 2.33. The number of Topliss-reactive ketones (excluding diaryl/α,β-unsaturated/α-hetero) is 1. The molecular formula is C11H8ClN3O3. The molecule has 0 aliphatic rings. The molecule has 0 aliphatic carbocycles. The van der Waals surface area contributed by atoms with Gasteiger partial charge in [-0.3, -0.25) is 4.79 Å². The van der Waals surface area contributed by atoms with Crippen molar-refractivity contribution in [3.05, 3.63) is 57.2 Å². The van der Waals surface area contributed by atoms with E-state index in [1.165, 1.54) is 16.9 Å². The Hall–Kier alpha value is -2.21. The molecule has 0 aliphatic heterocycles. The molecule has 0 unspecified atom stereocenters. The van der Waals surface area contributed by atoms with Gasteiger partial charge in [-0.1, -0.05) is 11.6 Å². The summed E-state index contributed by atoms with van der Waals surface area (Å²) in [6.45, 7) is -0.0462. The average Bonchev–Trinajstić information content (AvgIpc) is 2.78. The molecule has 0 radical (unpaired) electrons. The van der Waals surface area contributed by atoms with E-state index < -0.39 is 4.92 Å². The third-order valence-electron chi connectivity index (χ3n) is 2.29. The van der Waals surface area contributed by atoms with Gasteiger partial charge in [0.2, 0.25) is 0 Å². The topological polar surface area (TPSA) is 78.0 Å². The van der Waals surface area contributed by atoms with Crippen molar-refractivity contribution in [1.29, 1.82) is 0 Å². The van der Waals surface area contributed by atoms with E-state index in [0.29, 0.717) is 10.6 Å². The summed E-state index contributed by atoms with van der Waals surface area (Å²) in [6, 6.07) is 7.67. The average molecular weight is 266 g/mol. The molecule has 6 nitrogen and oxygen atoms in total. The van der Waals surface area contributed by atoms with Gasteiger partial charge >= 0.3 is 5.82 Å². The van der Waals surface area contributed by atoms with Crippen LogP contribution in [0.2, 0.25) is 5.02 Å². The summed E-state index contributed by atoms with van der Waals surface area (Å²) in [6.07, 6.45) is 1.39. The molecule has 0 N–H and O–H groups in total. The number of hydrogen-bond acceptors (Lipinski definition) is 4. The maximum atomic E-state index is 11.8. The van der Waals surface area contributed by atoms with E-state index >= 15 is 0 Å². The minimum absolute atomic E-state index is 0.0462. The number of aromatic nitrogens is 2. The van der Waals surface area contributed by atoms with Gasteiger partial charge in [-0.15, -0.1) is 0 Å². The quantitative estimate of drug-likeness (QED) is 0.483. The van der Waals surface area contributed by atoms with Crippen LogP contribution in [0.15, 0.2) is 36.5 Å². The summed E-state index contributed by atoms with van der Waals surface area (Å²) in [7, 11) is 0. The summed E-state index contributed by atoms with van der Waals surface area (Å²) < 4.78 is 1.23. The Balaban J connectivity index is 2.11. The Labute approximate surface area is 107 Å². The van der Waals surface area contributed by atoms with Crippen molar-refractivity contribution in [2.24, 2.45) is 0 Å². The first-order chi connectivity index (χ1) is 8.56. The van der Waals surface area contributed by atoms with Crippen molar-refractivity contribution in [2.45, 2.75) is 6.54 Å². The first-order valence-corrected chi connectivity index (χ1v) is 5.40. The fraction of sp³-hybridized carbons (Fsp3) is 0.0909. The summed E-state index contributed by atoms with van der Waals surface area (Å²) in [5.41, 5.74) is 0.484. The summed E-state index contributed by atoms with van der Waals surface area (Å²) in [5.74, 6) is -0.469. The second kappa shape index (κ2) is 4.97. The van der Waals surface area contributed by atoms with Crippen molar-refractivity contribution in [1.82, 2.24) is 9.78 Å². The van der Waals surface area contributed by atoms with Crippen molar-refractivity contribution in [3.8, 4) is 0 Å². The molecule has 1 heterocycles. The SMILES string of the molecule is O=C(Cn1ccc([N+](=O)[O-])n1)c1ccc(Cl)cc1. The van der Waals surface area contributed by atoms with Crippen LogP contribution >= 0.6 is 11.6 Å². The minimum atomic E-state index is -0.608. The van der Waals surface area contributed by atoms with Gasteiger partial charge in [-0.25, -0.2) is 0 Å². The highest BCUT2D eigenvalue weighted by molar-refractivity contribution is 6.30. The van der Waals surface area contributed by atoms with Crippen LogP contribution in [0, 0.1) is 10.1 Å². The Morgan fingerprint density at radius 2 is 2.00 bits per heavy atom. The largest absolute Gasteiger partial charge is 0.389 e. The molecule has 7 heteroatoms. The second-order valence-electron chi connectivity index (χ2n) is 3.56. The Morgan fingerprint density at radius 3 is 2.56 bits per heavy atom. The lowest BCUT2D eigenvalue weighted by Crippen LogP contribution is -2.11. The summed E-state index contributed by atoms with van der Waals surface area (Å²) in [4.78, 5) is 21.7. The van der Waals surface area contributed by atoms with Crippen LogP contribution in [0.3, 0.4) is 0 Å². The number of rotatable bonds is 4. The third kappa shape index (κ3) is 2.72. The first-order valence-electron chi connectivity index (χ1n) is 5.03. The van der Waals surface area contributed by atoms with Crippen LogP contribution in [0.5, 0.6) is 0 Å². The van der Waals surface area contributed by atoms with Gasteiger partial charge < -0.3 is 10.1 Å². The number of nitro groups is 1. The van der Waals surface area contributed by atoms with Crippen LogP contribution in [0.4, 0.5) is 5.82 Å². The number of nitrogens with zero attached hydrogens (tertiary/aromatic N) is 3. The Bertz CT molecular complexity index is 592. The van der Waals surface area contributed by atoms with Crippen molar-refractivity contribution < 1.29 is 9.72 Å². The predicted molar refractivity (Wildman–Crippen MR) is 64.7 cm³/mol. The van der Waals surface area contributed by atoms with Gasteiger partial charge in [0.05, 0.1) is 17.4 Å². The smallest absolute Gasteiger partial charge is 0.358 e. The molecular weight excluding hydrogens is 258 g/mol. The monoisotopic (exact) mass is 265 g/mol. The maximum absolute atomic E-state index is 11.8. The maximum Gasteiger partial charge on any atom is 0.389 e. The summed E-state index contributed by atoms with van der Waals surface area (Å²) >= 11 is 5.71. The first kappa shape index (κ1) is 12.3. The van der Waals surface area contributed by atoms with Gasteiger partial charge in [-0.05, 0) is 29.2 Å². The Morgan fingerprint density at radius 1 is 1.33 bits per heavy atom. The molecule has 0 amide bonds. The van der Waals surface area contributed by atoms with Crippen molar-refractivity contribution in [2.75, 3.05) is 0 Å². The van der Waals surface area contributed by atoms with E-state index in [1.807, 2.05) is 0 Å². The highest BCUT2D eigenvalue weighted by Gasteiger charge is 2.14. The minimum Gasteiger partial charge on any atom is -0.358 e. The number of benzene rings is 1. The van der Waals surface area contributed by atoms with E-state index in [0.717, 1.165) is 0 Å². The molecule has 1 aromatic carbocycles. The lowest BCUT2D eigenvalue weighted by molar-refractivity contribution is -0.389. The third-order valence-corrected chi connectivity index (χ3v) is 2.54. The zero-order valence-electron chi connectivity index (χ0n) is 9.12. The van der Waals surface area contributed by atoms with Gasteiger partial charge in [-0.2, -0.15) is 4.68 Å². The highest BCUT2D eigenvalue weighted by Crippen LogP contribution is 2.11. The van der Waals surface area contributed by atoms with Gasteiger partial charge in [0, 0.05) is 10.6 Å². The zero-order valence-corrected chi connectivity index (χ0v) is 9.87. The summed E-state index contributed by atoms with van der Waals surface area (Å²) in [5, 5.41) is 14.6. The number of carbonyl (C=O) groups is 1. The van der Waals surface area contributed by atoms with Crippen LogP contribution in [-0.2, 0) is 6.54 Å². The van der Waals surface area contributed by atoms with Crippen LogP contribution in [0.1, 0.15) is 10.4 Å². The fourth-order valence-corrected chi connectivity index (χ4v) is 1.54. The molecule has 2 rings (SSSR count). The molecule has 0 saturated carbocycles. The lowest BCUT2D eigenvalue weighted by Gasteiger charge is -1.98. The molecule has 2 aromatic rings. The van der Waals surface area contributed by atoms with Gasteiger partial charge in [0.1, 0.15) is 6.54 Å². The van der Waals surface area contributed by atoms with E-state index in [1.54, 1.807) is 24.3 Å². The van der Waals surface area contributed by atoms with Gasteiger partial charge in [0.15, 0.2) is 5.78 Å². The molecule has 0 atom stereocenters. The van der Waals surface area contributed by atoms with Crippen LogP contribution in [0.25, 0.3) is 0 Å².